The number of carbonyl (C=O) groups excluding carboxylic acids is 1. The highest BCUT2D eigenvalue weighted by molar-refractivity contribution is 7.90. The summed E-state index contributed by atoms with van der Waals surface area (Å²) in [6.45, 7) is 4.50. The molecule has 1 saturated carbocycles. The van der Waals surface area contributed by atoms with E-state index >= 15 is 0 Å². The van der Waals surface area contributed by atoms with E-state index in [1.807, 2.05) is 6.08 Å². The van der Waals surface area contributed by atoms with Gasteiger partial charge in [-0.05, 0) is 37.5 Å². The number of nitrogens with one attached hydrogen (secondary N) is 1. The third-order valence-corrected chi connectivity index (χ3v) is 6.46. The molecule has 0 aromatic carbocycles. The summed E-state index contributed by atoms with van der Waals surface area (Å²) in [7, 11) is -3.61. The second-order valence-corrected chi connectivity index (χ2v) is 8.82. The zero-order valence-corrected chi connectivity index (χ0v) is 13.1. The van der Waals surface area contributed by atoms with Crippen LogP contribution < -0.4 is 10.5 Å². The fourth-order valence-electron chi connectivity index (χ4n) is 2.77. The van der Waals surface area contributed by atoms with E-state index in [0.29, 0.717) is 12.8 Å². The molecule has 2 aliphatic carbocycles. The highest BCUT2D eigenvalue weighted by Crippen LogP contribution is 2.38. The molecule has 1 fully saturated rings. The number of rotatable bonds is 4. The van der Waals surface area contributed by atoms with Crippen LogP contribution in [-0.4, -0.2) is 25.6 Å². The van der Waals surface area contributed by atoms with E-state index in [0.717, 1.165) is 31.3 Å². The van der Waals surface area contributed by atoms with Crippen LogP contribution in [0.5, 0.6) is 0 Å². The second-order valence-electron chi connectivity index (χ2n) is 6.86. The molecule has 1 amide bonds. The Morgan fingerprint density at radius 2 is 2.00 bits per heavy atom. The second kappa shape index (κ2) is 5.15. The van der Waals surface area contributed by atoms with Gasteiger partial charge in [-0.25, -0.2) is 13.6 Å². The summed E-state index contributed by atoms with van der Waals surface area (Å²) in [5.41, 5.74) is 1.02. The van der Waals surface area contributed by atoms with Crippen LogP contribution in [0.25, 0.3) is 0 Å². The number of hydrogen-bond donors (Lipinski definition) is 2. The number of amides is 1. The van der Waals surface area contributed by atoms with E-state index in [1.165, 1.54) is 0 Å². The largest absolute Gasteiger partial charge is 0.351 e. The molecule has 0 aliphatic heterocycles. The Labute approximate surface area is 121 Å². The summed E-state index contributed by atoms with van der Waals surface area (Å²) in [5, 5.41) is 8.04. The van der Waals surface area contributed by atoms with Crippen LogP contribution in [0.2, 0.25) is 0 Å². The van der Waals surface area contributed by atoms with Crippen LogP contribution in [0.3, 0.4) is 0 Å². The lowest BCUT2D eigenvalue weighted by atomic mass is 9.78. The van der Waals surface area contributed by atoms with Gasteiger partial charge in [0.25, 0.3) is 0 Å². The normalized spacial score (nSPS) is 24.4. The molecule has 0 radical (unpaired) electrons. The Morgan fingerprint density at radius 1 is 1.35 bits per heavy atom. The van der Waals surface area contributed by atoms with Crippen LogP contribution in [0.4, 0.5) is 0 Å². The van der Waals surface area contributed by atoms with Gasteiger partial charge in [-0.3, -0.25) is 4.79 Å². The molecule has 0 unspecified atom stereocenters. The summed E-state index contributed by atoms with van der Waals surface area (Å²) in [4.78, 5) is 12.1. The highest BCUT2D eigenvalue weighted by Gasteiger charge is 2.47. The van der Waals surface area contributed by atoms with Gasteiger partial charge >= 0.3 is 0 Å². The van der Waals surface area contributed by atoms with Crippen molar-refractivity contribution in [3.05, 3.63) is 11.6 Å². The molecule has 3 N–H and O–H groups in total. The lowest BCUT2D eigenvalue weighted by Crippen LogP contribution is -2.56. The van der Waals surface area contributed by atoms with Crippen molar-refractivity contribution in [2.45, 2.75) is 57.1 Å². The third kappa shape index (κ3) is 3.06. The van der Waals surface area contributed by atoms with Crippen LogP contribution in [0, 0.1) is 5.41 Å². The number of sulfonamides is 1. The van der Waals surface area contributed by atoms with Crippen molar-refractivity contribution in [2.75, 3.05) is 6.54 Å². The number of nitrogens with two attached hydrogens (primary N) is 1. The molecule has 0 atom stereocenters. The summed E-state index contributed by atoms with van der Waals surface area (Å²) >= 11 is 0. The molecule has 6 heteroatoms. The maximum absolute atomic E-state index is 12.1. The van der Waals surface area contributed by atoms with Gasteiger partial charge in [-0.15, -0.1) is 0 Å². The van der Waals surface area contributed by atoms with Gasteiger partial charge in [-0.2, -0.15) is 0 Å². The minimum Gasteiger partial charge on any atom is -0.351 e. The fourth-order valence-corrected chi connectivity index (χ4v) is 3.90. The average Bonchev–Trinajstić information content (AvgIpc) is 2.25. The zero-order chi connectivity index (χ0) is 15.0. The summed E-state index contributed by atoms with van der Waals surface area (Å²) in [6, 6.07) is 0. The van der Waals surface area contributed by atoms with Gasteiger partial charge in [0.2, 0.25) is 15.9 Å². The van der Waals surface area contributed by atoms with E-state index in [2.05, 4.69) is 19.2 Å². The Morgan fingerprint density at radius 3 is 2.40 bits per heavy atom. The summed E-state index contributed by atoms with van der Waals surface area (Å²) in [6.07, 6.45) is 6.52. The van der Waals surface area contributed by atoms with Crippen molar-refractivity contribution in [1.82, 2.24) is 5.32 Å². The van der Waals surface area contributed by atoms with Crippen molar-refractivity contribution in [3.8, 4) is 0 Å². The van der Waals surface area contributed by atoms with E-state index in [-0.39, 0.29) is 17.9 Å². The van der Waals surface area contributed by atoms with E-state index < -0.39 is 14.8 Å². The van der Waals surface area contributed by atoms with E-state index in [1.54, 1.807) is 0 Å². The first-order valence-corrected chi connectivity index (χ1v) is 8.70. The van der Waals surface area contributed by atoms with Crippen molar-refractivity contribution < 1.29 is 13.2 Å². The van der Waals surface area contributed by atoms with Crippen LogP contribution in [0.1, 0.15) is 52.4 Å². The van der Waals surface area contributed by atoms with Crippen molar-refractivity contribution >= 4 is 15.9 Å². The molecule has 114 valence electrons. The smallest absolute Gasteiger partial charge is 0.246 e. The Hall–Kier alpha value is -0.880. The fraction of sp³-hybridized carbons (Fsp3) is 0.786. The number of hydrogen-bond acceptors (Lipinski definition) is 3. The molecule has 0 spiro atoms. The maximum atomic E-state index is 12.1. The Balaban J connectivity index is 1.95. The summed E-state index contributed by atoms with van der Waals surface area (Å²) in [5.74, 6) is -0.143. The predicted molar refractivity (Wildman–Crippen MR) is 78.4 cm³/mol. The number of carbonyl (C=O) groups is 1. The SMILES string of the molecule is CC1(C)CC=C(C(=O)NCC2(S(N)(=O)=O)CCC2)CC1. The van der Waals surface area contributed by atoms with E-state index in [9.17, 15) is 13.2 Å². The molecule has 0 heterocycles. The minimum atomic E-state index is -3.61. The predicted octanol–water partition coefficient (Wildman–Crippen LogP) is 1.45. The number of primary sulfonamides is 1. The molecule has 0 saturated heterocycles. The minimum absolute atomic E-state index is 0.130. The van der Waals surface area contributed by atoms with Gasteiger partial charge in [0.05, 0.1) is 0 Å². The number of allylic oxidation sites excluding steroid dienone is 1. The first-order valence-electron chi connectivity index (χ1n) is 7.15. The van der Waals surface area contributed by atoms with Gasteiger partial charge in [0, 0.05) is 12.1 Å². The van der Waals surface area contributed by atoms with Gasteiger partial charge in [0.15, 0.2) is 0 Å². The molecule has 0 bridgehead atoms. The van der Waals surface area contributed by atoms with Crippen LogP contribution in [0.15, 0.2) is 11.6 Å². The van der Waals surface area contributed by atoms with Crippen LogP contribution in [-0.2, 0) is 14.8 Å². The maximum Gasteiger partial charge on any atom is 0.246 e. The average molecular weight is 300 g/mol. The van der Waals surface area contributed by atoms with Gasteiger partial charge in [-0.1, -0.05) is 26.3 Å². The third-order valence-electron chi connectivity index (χ3n) is 4.70. The topological polar surface area (TPSA) is 89.3 Å². The molecule has 5 nitrogen and oxygen atoms in total. The molecule has 2 rings (SSSR count). The van der Waals surface area contributed by atoms with Crippen LogP contribution >= 0.6 is 0 Å². The molecular weight excluding hydrogens is 276 g/mol. The van der Waals surface area contributed by atoms with Crippen molar-refractivity contribution in [1.29, 1.82) is 0 Å². The molecule has 0 aromatic heterocycles. The van der Waals surface area contributed by atoms with Crippen molar-refractivity contribution in [3.63, 3.8) is 0 Å². The molecule has 0 aromatic rings. The molecule has 2 aliphatic rings. The highest BCUT2D eigenvalue weighted by atomic mass is 32.2. The molecular formula is C14H24N2O3S. The Bertz CT molecular complexity index is 531. The standard InChI is InChI=1S/C14H24N2O3S/c1-13(2)8-4-11(5-9-13)12(17)16-10-14(6-3-7-14)20(15,18)19/h4H,3,5-10H2,1-2H3,(H,16,17)(H2,15,18,19). The zero-order valence-electron chi connectivity index (χ0n) is 12.2. The van der Waals surface area contributed by atoms with Gasteiger partial charge < -0.3 is 5.32 Å². The van der Waals surface area contributed by atoms with E-state index in [4.69, 9.17) is 5.14 Å². The first kappa shape index (κ1) is 15.5. The molecule has 20 heavy (non-hydrogen) atoms. The lowest BCUT2D eigenvalue weighted by molar-refractivity contribution is -0.118. The van der Waals surface area contributed by atoms with Gasteiger partial charge in [0.1, 0.15) is 4.75 Å². The quantitative estimate of drug-likeness (QED) is 0.823. The van der Waals surface area contributed by atoms with Crippen molar-refractivity contribution in [2.24, 2.45) is 10.6 Å². The monoisotopic (exact) mass is 300 g/mol. The first-order chi connectivity index (χ1) is 9.15. The summed E-state index contributed by atoms with van der Waals surface area (Å²) < 4.78 is 22.3. The Kier molecular flexibility index (Phi) is 3.99. The lowest BCUT2D eigenvalue weighted by Gasteiger charge is -2.39.